The summed E-state index contributed by atoms with van der Waals surface area (Å²) in [4.78, 5) is -0.111. The number of tetrazole rings is 1. The molecule has 8 N–H and O–H groups in total. The lowest BCUT2D eigenvalue weighted by molar-refractivity contribution is 0.598. The monoisotopic (exact) mass is 346 g/mol. The maximum atomic E-state index is 11.9. The van der Waals surface area contributed by atoms with Crippen LogP contribution in [0.1, 0.15) is 0 Å². The molecule has 0 atom stereocenters. The average molecular weight is 346 g/mol. The van der Waals surface area contributed by atoms with Crippen LogP contribution in [0.25, 0.3) is 22.5 Å². The first-order valence-electron chi connectivity index (χ1n) is 6.68. The molecule has 3 rings (SSSR count). The van der Waals surface area contributed by atoms with Crippen molar-refractivity contribution < 1.29 is 8.42 Å². The molecule has 1 heterocycles. The third-order valence-electron chi connectivity index (χ3n) is 3.42. The fraction of sp³-hybridized carbons (Fsp3) is 0. The van der Waals surface area contributed by atoms with Gasteiger partial charge in [-0.3, -0.25) is 5.84 Å². The number of primary sulfonamides is 1. The van der Waals surface area contributed by atoms with Gasteiger partial charge in [-0.2, -0.15) is 5.21 Å². The average Bonchev–Trinajstić information content (AvgIpc) is 3.08. The molecule has 2 aromatic carbocycles. The number of rotatable bonds is 4. The molecule has 0 bridgehead atoms. The second-order valence-electron chi connectivity index (χ2n) is 4.91. The van der Waals surface area contributed by atoms with Crippen molar-refractivity contribution in [3.05, 3.63) is 36.4 Å². The number of H-pyrrole nitrogens is 1. The second kappa shape index (κ2) is 5.88. The number of hydrazine groups is 1. The predicted molar refractivity (Wildman–Crippen MR) is 88.6 cm³/mol. The Hall–Kier alpha value is -3.02. The maximum Gasteiger partial charge on any atom is 0.238 e. The van der Waals surface area contributed by atoms with E-state index >= 15 is 0 Å². The summed E-state index contributed by atoms with van der Waals surface area (Å²) in [5.41, 5.74) is 10.7. The molecule has 0 saturated carbocycles. The highest BCUT2D eigenvalue weighted by Crippen LogP contribution is 2.36. The van der Waals surface area contributed by atoms with Crippen molar-refractivity contribution in [1.82, 2.24) is 20.6 Å². The third kappa shape index (κ3) is 2.78. The molecule has 0 saturated heterocycles. The molecule has 0 aliphatic heterocycles. The number of nitrogen functional groups attached to an aromatic ring is 2. The van der Waals surface area contributed by atoms with Gasteiger partial charge in [0.1, 0.15) is 0 Å². The molecule has 24 heavy (non-hydrogen) atoms. The SMILES string of the molecule is NNc1cc(-c2cccc(S(N)(=O)=O)c2-c2nn[nH]n2)ccc1N. The van der Waals surface area contributed by atoms with E-state index in [9.17, 15) is 8.42 Å². The van der Waals surface area contributed by atoms with Crippen molar-refractivity contribution in [2.24, 2.45) is 11.0 Å². The molecule has 0 amide bonds. The number of hydrogen-bond donors (Lipinski definition) is 5. The summed E-state index contributed by atoms with van der Waals surface area (Å²) >= 11 is 0. The minimum Gasteiger partial charge on any atom is -0.397 e. The van der Waals surface area contributed by atoms with Gasteiger partial charge in [-0.1, -0.05) is 18.2 Å². The summed E-state index contributed by atoms with van der Waals surface area (Å²) in [6.45, 7) is 0. The summed E-state index contributed by atoms with van der Waals surface area (Å²) in [5, 5.41) is 18.9. The van der Waals surface area contributed by atoms with E-state index in [4.69, 9.17) is 16.7 Å². The van der Waals surface area contributed by atoms with Crippen LogP contribution in [-0.4, -0.2) is 29.0 Å². The number of nitrogens with two attached hydrogens (primary N) is 3. The predicted octanol–water partition coefficient (Wildman–Crippen LogP) is 0.0489. The molecule has 0 spiro atoms. The zero-order chi connectivity index (χ0) is 17.3. The van der Waals surface area contributed by atoms with Gasteiger partial charge in [-0.05, 0) is 34.5 Å². The smallest absolute Gasteiger partial charge is 0.238 e. The fourth-order valence-corrected chi connectivity index (χ4v) is 3.11. The molecule has 10 nitrogen and oxygen atoms in total. The summed E-state index contributed by atoms with van der Waals surface area (Å²) < 4.78 is 23.9. The van der Waals surface area contributed by atoms with Crippen LogP contribution >= 0.6 is 0 Å². The van der Waals surface area contributed by atoms with E-state index < -0.39 is 10.0 Å². The van der Waals surface area contributed by atoms with Crippen molar-refractivity contribution in [1.29, 1.82) is 0 Å². The van der Waals surface area contributed by atoms with Gasteiger partial charge in [0.25, 0.3) is 0 Å². The van der Waals surface area contributed by atoms with Gasteiger partial charge in [-0.25, -0.2) is 13.6 Å². The first-order chi connectivity index (χ1) is 11.4. The van der Waals surface area contributed by atoms with Gasteiger partial charge in [-0.15, -0.1) is 10.2 Å². The highest BCUT2D eigenvalue weighted by molar-refractivity contribution is 7.89. The lowest BCUT2D eigenvalue weighted by atomic mass is 9.98. The Morgan fingerprint density at radius 1 is 1.17 bits per heavy atom. The quantitative estimate of drug-likeness (QED) is 0.250. The maximum absolute atomic E-state index is 11.9. The van der Waals surface area contributed by atoms with Gasteiger partial charge in [0.2, 0.25) is 15.8 Å². The number of benzene rings is 2. The molecule has 0 aliphatic rings. The van der Waals surface area contributed by atoms with Crippen molar-refractivity contribution in [2.45, 2.75) is 4.90 Å². The van der Waals surface area contributed by atoms with Crippen LogP contribution in [0.5, 0.6) is 0 Å². The summed E-state index contributed by atoms with van der Waals surface area (Å²) in [6.07, 6.45) is 0. The fourth-order valence-electron chi connectivity index (χ4n) is 2.36. The van der Waals surface area contributed by atoms with E-state index in [1.165, 1.54) is 6.07 Å². The minimum absolute atomic E-state index is 0.105. The largest absolute Gasteiger partial charge is 0.397 e. The Morgan fingerprint density at radius 2 is 1.96 bits per heavy atom. The first kappa shape index (κ1) is 15.9. The lowest BCUT2D eigenvalue weighted by Crippen LogP contribution is -2.14. The van der Waals surface area contributed by atoms with Gasteiger partial charge >= 0.3 is 0 Å². The highest BCUT2D eigenvalue weighted by atomic mass is 32.2. The Kier molecular flexibility index (Phi) is 3.89. The summed E-state index contributed by atoms with van der Waals surface area (Å²) in [6, 6.07) is 9.72. The number of anilines is 2. The molecule has 124 valence electrons. The number of aromatic amines is 1. The van der Waals surface area contributed by atoms with Gasteiger partial charge < -0.3 is 11.2 Å². The molecular weight excluding hydrogens is 332 g/mol. The highest BCUT2D eigenvalue weighted by Gasteiger charge is 2.22. The molecule has 0 fully saturated rings. The van der Waals surface area contributed by atoms with Crippen molar-refractivity contribution in [3.8, 4) is 22.5 Å². The van der Waals surface area contributed by atoms with E-state index in [0.717, 1.165) is 0 Å². The zero-order valence-electron chi connectivity index (χ0n) is 12.3. The van der Waals surface area contributed by atoms with Crippen LogP contribution in [0.3, 0.4) is 0 Å². The molecule has 0 radical (unpaired) electrons. The van der Waals surface area contributed by atoms with Crippen molar-refractivity contribution in [2.75, 3.05) is 11.2 Å². The number of sulfonamides is 1. The number of hydrogen-bond acceptors (Lipinski definition) is 8. The van der Waals surface area contributed by atoms with Crippen molar-refractivity contribution in [3.63, 3.8) is 0 Å². The van der Waals surface area contributed by atoms with E-state index in [0.29, 0.717) is 22.5 Å². The van der Waals surface area contributed by atoms with E-state index in [1.807, 2.05) is 0 Å². The van der Waals surface area contributed by atoms with Crippen LogP contribution in [0, 0.1) is 0 Å². The van der Waals surface area contributed by atoms with Gasteiger partial charge in [0, 0.05) is 0 Å². The molecule has 0 unspecified atom stereocenters. The van der Waals surface area contributed by atoms with Gasteiger partial charge in [0.15, 0.2) is 0 Å². The number of nitrogens with one attached hydrogen (secondary N) is 2. The molecule has 0 aliphatic carbocycles. The molecule has 3 aromatic rings. The number of nitrogens with zero attached hydrogens (tertiary/aromatic N) is 3. The standard InChI is InChI=1S/C13H14N8O2S/c14-9-5-4-7(6-10(9)17-15)8-2-1-3-11(24(16,22)23)12(8)13-18-20-21-19-13/h1-6,17H,14-15H2,(H2,16,22,23)(H,18,19,20,21). The van der Waals surface area contributed by atoms with Crippen LogP contribution in [0.2, 0.25) is 0 Å². The van der Waals surface area contributed by atoms with E-state index in [-0.39, 0.29) is 16.3 Å². The molecular formula is C13H14N8O2S. The summed E-state index contributed by atoms with van der Waals surface area (Å²) in [5.74, 6) is 5.55. The van der Waals surface area contributed by atoms with Crippen LogP contribution < -0.4 is 22.1 Å². The van der Waals surface area contributed by atoms with E-state index in [2.05, 4.69) is 26.0 Å². The van der Waals surface area contributed by atoms with Gasteiger partial charge in [0.05, 0.1) is 21.8 Å². The van der Waals surface area contributed by atoms with Crippen LogP contribution in [0.15, 0.2) is 41.3 Å². The summed E-state index contributed by atoms with van der Waals surface area (Å²) in [7, 11) is -4.00. The van der Waals surface area contributed by atoms with Crippen molar-refractivity contribution >= 4 is 21.4 Å². The van der Waals surface area contributed by atoms with E-state index in [1.54, 1.807) is 30.3 Å². The van der Waals surface area contributed by atoms with Crippen LogP contribution in [0.4, 0.5) is 11.4 Å². The third-order valence-corrected chi connectivity index (χ3v) is 4.37. The Morgan fingerprint density at radius 3 is 2.58 bits per heavy atom. The lowest BCUT2D eigenvalue weighted by Gasteiger charge is -2.13. The Balaban J connectivity index is 2.33. The molecule has 11 heteroatoms. The molecule has 1 aromatic heterocycles. The van der Waals surface area contributed by atoms with Crippen LogP contribution in [-0.2, 0) is 10.0 Å². The Bertz CT molecular complexity index is 985. The second-order valence-corrected chi connectivity index (χ2v) is 6.44. The topological polar surface area (TPSA) is 179 Å². The normalized spacial score (nSPS) is 11.4. The first-order valence-corrected chi connectivity index (χ1v) is 8.22. The zero-order valence-corrected chi connectivity index (χ0v) is 13.1. The Labute approximate surface area is 137 Å². The number of aromatic nitrogens is 4. The minimum atomic E-state index is -4.00.